The van der Waals surface area contributed by atoms with Crippen LogP contribution in [0.4, 0.5) is 0 Å². The van der Waals surface area contributed by atoms with E-state index in [0.29, 0.717) is 6.61 Å². The number of aromatic nitrogens is 2. The van der Waals surface area contributed by atoms with Crippen LogP contribution in [0.1, 0.15) is 16.7 Å². The topological polar surface area (TPSA) is 37.9 Å². The Labute approximate surface area is 147 Å². The quantitative estimate of drug-likeness (QED) is 0.543. The summed E-state index contributed by atoms with van der Waals surface area (Å²) >= 11 is 0. The van der Waals surface area contributed by atoms with Crippen molar-refractivity contribution in [2.75, 3.05) is 0 Å². The second-order valence-electron chi connectivity index (χ2n) is 6.38. The van der Waals surface area contributed by atoms with Gasteiger partial charge in [-0.25, -0.2) is 4.98 Å². The molecule has 0 radical (unpaired) electrons. The van der Waals surface area contributed by atoms with E-state index in [-0.39, 0.29) is 0 Å². The third kappa shape index (κ3) is 3.26. The van der Waals surface area contributed by atoms with Crippen LogP contribution >= 0.6 is 0 Å². The maximum absolute atomic E-state index is 6.08. The maximum atomic E-state index is 6.08. The van der Waals surface area contributed by atoms with Crippen molar-refractivity contribution in [3.8, 4) is 17.1 Å². The fourth-order valence-corrected chi connectivity index (χ4v) is 2.88. The summed E-state index contributed by atoms with van der Waals surface area (Å²) in [5.74, 6) is 1.67. The molecule has 0 aliphatic rings. The molecule has 3 nitrogen and oxygen atoms in total. The Kier molecular flexibility index (Phi) is 3.98. The summed E-state index contributed by atoms with van der Waals surface area (Å²) in [6.45, 7) is 4.71. The fourth-order valence-electron chi connectivity index (χ4n) is 2.88. The van der Waals surface area contributed by atoms with Crippen LogP contribution in [-0.2, 0) is 6.61 Å². The lowest BCUT2D eigenvalue weighted by atomic mass is 10.1. The molecule has 0 atom stereocenters. The lowest BCUT2D eigenvalue weighted by molar-refractivity contribution is 0.307. The van der Waals surface area contributed by atoms with Crippen molar-refractivity contribution in [3.05, 3.63) is 83.4 Å². The molecular weight excluding hydrogens is 308 g/mol. The van der Waals surface area contributed by atoms with Gasteiger partial charge in [-0.05, 0) is 49.2 Å². The van der Waals surface area contributed by atoms with Crippen molar-refractivity contribution in [1.29, 1.82) is 0 Å². The number of benzene rings is 3. The van der Waals surface area contributed by atoms with Crippen molar-refractivity contribution in [1.82, 2.24) is 9.97 Å². The predicted molar refractivity (Wildman–Crippen MR) is 102 cm³/mol. The van der Waals surface area contributed by atoms with Crippen molar-refractivity contribution in [2.45, 2.75) is 20.5 Å². The highest BCUT2D eigenvalue weighted by atomic mass is 16.5. The molecule has 0 spiro atoms. The number of aromatic amines is 1. The van der Waals surface area contributed by atoms with E-state index < -0.39 is 0 Å². The molecule has 0 saturated heterocycles. The molecule has 0 saturated carbocycles. The molecule has 0 aliphatic heterocycles. The molecule has 4 aromatic rings. The summed E-state index contributed by atoms with van der Waals surface area (Å²) in [7, 11) is 0. The molecule has 0 amide bonds. The number of para-hydroxylation sites is 1. The van der Waals surface area contributed by atoms with Gasteiger partial charge in [-0.1, -0.05) is 48.0 Å². The van der Waals surface area contributed by atoms with E-state index in [9.17, 15) is 0 Å². The lowest BCUT2D eigenvalue weighted by Crippen LogP contribution is -1.97. The van der Waals surface area contributed by atoms with Crippen LogP contribution in [0, 0.1) is 13.8 Å². The van der Waals surface area contributed by atoms with Crippen molar-refractivity contribution >= 4 is 11.0 Å². The van der Waals surface area contributed by atoms with Crippen LogP contribution in [0.2, 0.25) is 0 Å². The first kappa shape index (κ1) is 15.5. The van der Waals surface area contributed by atoms with E-state index in [2.05, 4.69) is 55.2 Å². The third-order valence-corrected chi connectivity index (χ3v) is 4.29. The third-order valence-electron chi connectivity index (χ3n) is 4.29. The second kappa shape index (κ2) is 6.44. The van der Waals surface area contributed by atoms with E-state index in [0.717, 1.165) is 33.7 Å². The smallest absolute Gasteiger partial charge is 0.142 e. The molecule has 0 unspecified atom stereocenters. The molecule has 3 heteroatoms. The number of aryl methyl sites for hydroxylation is 2. The monoisotopic (exact) mass is 328 g/mol. The first-order chi connectivity index (χ1) is 12.2. The first-order valence-corrected chi connectivity index (χ1v) is 8.43. The molecule has 25 heavy (non-hydrogen) atoms. The van der Waals surface area contributed by atoms with Crippen molar-refractivity contribution in [3.63, 3.8) is 0 Å². The Balaban J connectivity index is 1.64. The Morgan fingerprint density at radius 3 is 2.48 bits per heavy atom. The van der Waals surface area contributed by atoms with Crippen LogP contribution < -0.4 is 4.74 Å². The highest BCUT2D eigenvalue weighted by Crippen LogP contribution is 2.30. The largest absolute Gasteiger partial charge is 0.488 e. The minimum Gasteiger partial charge on any atom is -0.488 e. The number of hydrogen-bond acceptors (Lipinski definition) is 2. The molecule has 0 aliphatic carbocycles. The molecule has 1 heterocycles. The SMILES string of the molecule is Cc1ccc(COc2ccccc2-c2nc3ccc(C)cc3[nH]2)cc1. The molecule has 0 bridgehead atoms. The van der Waals surface area contributed by atoms with Crippen LogP contribution in [0.3, 0.4) is 0 Å². The molecule has 1 aromatic heterocycles. The van der Waals surface area contributed by atoms with Crippen LogP contribution in [-0.4, -0.2) is 9.97 Å². The standard InChI is InChI=1S/C22H20N2O/c1-15-7-10-17(11-8-15)14-25-21-6-4-3-5-18(21)22-23-19-12-9-16(2)13-20(19)24-22/h3-13H,14H2,1-2H3,(H,23,24). The number of hydrogen-bond donors (Lipinski definition) is 1. The van der Waals surface area contributed by atoms with Crippen molar-refractivity contribution < 1.29 is 4.74 Å². The second-order valence-corrected chi connectivity index (χ2v) is 6.38. The van der Waals surface area contributed by atoms with Crippen LogP contribution in [0.25, 0.3) is 22.4 Å². The zero-order valence-corrected chi connectivity index (χ0v) is 14.4. The lowest BCUT2D eigenvalue weighted by Gasteiger charge is -2.10. The van der Waals surface area contributed by atoms with Gasteiger partial charge in [-0.2, -0.15) is 0 Å². The minimum absolute atomic E-state index is 0.538. The summed E-state index contributed by atoms with van der Waals surface area (Å²) in [5.41, 5.74) is 6.61. The summed E-state index contributed by atoms with van der Waals surface area (Å²) in [6.07, 6.45) is 0. The highest BCUT2D eigenvalue weighted by molar-refractivity contribution is 5.81. The van der Waals surface area contributed by atoms with E-state index in [1.54, 1.807) is 0 Å². The van der Waals surface area contributed by atoms with Gasteiger partial charge in [0.2, 0.25) is 0 Å². The van der Waals surface area contributed by atoms with Crippen LogP contribution in [0.15, 0.2) is 66.7 Å². The Hall–Kier alpha value is -3.07. The van der Waals surface area contributed by atoms with Crippen LogP contribution in [0.5, 0.6) is 5.75 Å². The molecule has 3 aromatic carbocycles. The zero-order valence-electron chi connectivity index (χ0n) is 14.4. The minimum atomic E-state index is 0.538. The van der Waals surface area contributed by atoms with Crippen molar-refractivity contribution in [2.24, 2.45) is 0 Å². The van der Waals surface area contributed by atoms with Gasteiger partial charge in [0.15, 0.2) is 0 Å². The van der Waals surface area contributed by atoms with Gasteiger partial charge in [0.25, 0.3) is 0 Å². The van der Waals surface area contributed by atoms with Gasteiger partial charge in [0.1, 0.15) is 18.2 Å². The van der Waals surface area contributed by atoms with E-state index in [1.807, 2.05) is 30.3 Å². The predicted octanol–water partition coefficient (Wildman–Crippen LogP) is 5.43. The number of H-pyrrole nitrogens is 1. The number of rotatable bonds is 4. The number of nitrogens with zero attached hydrogens (tertiary/aromatic N) is 1. The van der Waals surface area contributed by atoms with E-state index >= 15 is 0 Å². The van der Waals surface area contributed by atoms with Gasteiger partial charge in [-0.3, -0.25) is 0 Å². The van der Waals surface area contributed by atoms with Gasteiger partial charge >= 0.3 is 0 Å². The average Bonchev–Trinajstić information content (AvgIpc) is 3.04. The van der Waals surface area contributed by atoms with Gasteiger partial charge in [0, 0.05) is 0 Å². The first-order valence-electron chi connectivity index (χ1n) is 8.43. The van der Waals surface area contributed by atoms with Gasteiger partial charge in [-0.15, -0.1) is 0 Å². The van der Waals surface area contributed by atoms with Gasteiger partial charge < -0.3 is 9.72 Å². The van der Waals surface area contributed by atoms with Gasteiger partial charge in [0.05, 0.1) is 16.6 Å². The fraction of sp³-hybridized carbons (Fsp3) is 0.136. The molecule has 1 N–H and O–H groups in total. The molecule has 0 fully saturated rings. The summed E-state index contributed by atoms with van der Waals surface area (Å²) < 4.78 is 6.08. The number of fused-ring (bicyclic) bond motifs is 1. The summed E-state index contributed by atoms with van der Waals surface area (Å²) in [6, 6.07) is 22.7. The maximum Gasteiger partial charge on any atom is 0.142 e. The number of nitrogens with one attached hydrogen (secondary N) is 1. The normalized spacial score (nSPS) is 11.0. The summed E-state index contributed by atoms with van der Waals surface area (Å²) in [5, 5.41) is 0. The highest BCUT2D eigenvalue weighted by Gasteiger charge is 2.11. The zero-order chi connectivity index (χ0) is 17.2. The number of imidazole rings is 1. The Bertz CT molecular complexity index is 1020. The summed E-state index contributed by atoms with van der Waals surface area (Å²) in [4.78, 5) is 8.12. The molecule has 4 rings (SSSR count). The Morgan fingerprint density at radius 2 is 1.64 bits per heavy atom. The molecule has 124 valence electrons. The number of ether oxygens (including phenoxy) is 1. The van der Waals surface area contributed by atoms with E-state index in [4.69, 9.17) is 9.72 Å². The Morgan fingerprint density at radius 1 is 0.880 bits per heavy atom. The molecular formula is C22H20N2O. The average molecular weight is 328 g/mol. The van der Waals surface area contributed by atoms with E-state index in [1.165, 1.54) is 11.1 Å².